The summed E-state index contributed by atoms with van der Waals surface area (Å²) < 4.78 is 83.5. The van der Waals surface area contributed by atoms with Gasteiger partial charge < -0.3 is 10.6 Å². The van der Waals surface area contributed by atoms with Crippen molar-refractivity contribution in [3.05, 3.63) is 97.4 Å². The van der Waals surface area contributed by atoms with E-state index in [2.05, 4.69) is 10.6 Å². The van der Waals surface area contributed by atoms with Gasteiger partial charge in [0.05, 0.1) is 34.9 Å². The van der Waals surface area contributed by atoms with Gasteiger partial charge in [-0.1, -0.05) is 11.6 Å². The zero-order valence-corrected chi connectivity index (χ0v) is 21.8. The number of hydrogen-bond donors (Lipinski definition) is 2. The van der Waals surface area contributed by atoms with Gasteiger partial charge >= 0.3 is 11.9 Å². The fourth-order valence-corrected chi connectivity index (χ4v) is 5.22. The van der Waals surface area contributed by atoms with Gasteiger partial charge in [0.1, 0.15) is 11.6 Å². The van der Waals surface area contributed by atoms with Crippen molar-refractivity contribution in [2.24, 2.45) is 7.05 Å². The van der Waals surface area contributed by atoms with E-state index in [1.807, 2.05) is 0 Å². The van der Waals surface area contributed by atoms with Gasteiger partial charge in [-0.05, 0) is 48.9 Å². The molecule has 0 saturated carbocycles. The SMILES string of the molecule is Cn1c(=O)n(CCCF)c2cc(NC(=O)c3cc(F)cc(C(F)(F)F)c3)c3c(c21)C(=O)NC3c1cc(F)ccc1Cl. The van der Waals surface area contributed by atoms with Crippen LogP contribution in [0.3, 0.4) is 0 Å². The largest absolute Gasteiger partial charge is 0.416 e. The molecule has 0 spiro atoms. The maximum atomic E-state index is 14.2. The van der Waals surface area contributed by atoms with Crippen LogP contribution in [-0.2, 0) is 19.8 Å². The fourth-order valence-electron chi connectivity index (χ4n) is 4.99. The van der Waals surface area contributed by atoms with Gasteiger partial charge in [0.15, 0.2) is 0 Å². The Hall–Kier alpha value is -4.26. The van der Waals surface area contributed by atoms with Crippen LogP contribution in [0, 0.1) is 11.6 Å². The van der Waals surface area contributed by atoms with Gasteiger partial charge in [-0.25, -0.2) is 13.6 Å². The van der Waals surface area contributed by atoms with E-state index in [1.54, 1.807) is 0 Å². The molecule has 1 aliphatic rings. The lowest BCUT2D eigenvalue weighted by molar-refractivity contribution is -0.137. The molecule has 4 aromatic rings. The van der Waals surface area contributed by atoms with Crippen molar-refractivity contribution in [1.82, 2.24) is 14.5 Å². The maximum absolute atomic E-state index is 14.2. The molecule has 41 heavy (non-hydrogen) atoms. The Morgan fingerprint density at radius 2 is 1.80 bits per heavy atom. The van der Waals surface area contributed by atoms with Crippen LogP contribution in [0.4, 0.5) is 32.0 Å². The Bertz CT molecular complexity index is 1800. The summed E-state index contributed by atoms with van der Waals surface area (Å²) in [5, 5.41) is 5.13. The van der Waals surface area contributed by atoms with Gasteiger partial charge in [-0.2, -0.15) is 13.2 Å². The minimum atomic E-state index is -4.94. The fraction of sp³-hybridized carbons (Fsp3) is 0.222. The first-order valence-electron chi connectivity index (χ1n) is 12.1. The number of hydrogen-bond acceptors (Lipinski definition) is 3. The molecular weight excluding hydrogens is 578 g/mol. The molecule has 1 unspecified atom stereocenters. The van der Waals surface area contributed by atoms with E-state index in [0.717, 1.165) is 16.7 Å². The first-order chi connectivity index (χ1) is 19.3. The topological polar surface area (TPSA) is 85.1 Å². The predicted octanol–water partition coefficient (Wildman–Crippen LogP) is 5.74. The molecule has 2 amide bonds. The highest BCUT2D eigenvalue weighted by Crippen LogP contribution is 2.43. The van der Waals surface area contributed by atoms with E-state index in [0.29, 0.717) is 12.1 Å². The van der Waals surface area contributed by atoms with Gasteiger partial charge in [0, 0.05) is 41.0 Å². The van der Waals surface area contributed by atoms with E-state index in [9.17, 15) is 40.7 Å². The van der Waals surface area contributed by atoms with Crippen LogP contribution >= 0.6 is 11.6 Å². The van der Waals surface area contributed by atoms with E-state index in [1.165, 1.54) is 23.7 Å². The van der Waals surface area contributed by atoms with Crippen LogP contribution in [0.25, 0.3) is 11.0 Å². The molecular formula is C27H19ClF6N4O3. The van der Waals surface area contributed by atoms with Crippen LogP contribution < -0.4 is 16.3 Å². The summed E-state index contributed by atoms with van der Waals surface area (Å²) in [6.07, 6.45) is -4.99. The number of nitrogens with one attached hydrogen (secondary N) is 2. The second-order valence-corrected chi connectivity index (χ2v) is 9.78. The third-order valence-electron chi connectivity index (χ3n) is 6.78. The summed E-state index contributed by atoms with van der Waals surface area (Å²) in [5.41, 5.74) is -2.50. The maximum Gasteiger partial charge on any atom is 0.416 e. The lowest BCUT2D eigenvalue weighted by Gasteiger charge is -2.19. The highest BCUT2D eigenvalue weighted by molar-refractivity contribution is 6.31. The summed E-state index contributed by atoms with van der Waals surface area (Å²) in [4.78, 5) is 39.6. The molecule has 0 bridgehead atoms. The van der Waals surface area contributed by atoms with Crippen molar-refractivity contribution in [2.75, 3.05) is 12.0 Å². The number of fused-ring (bicyclic) bond motifs is 3. The van der Waals surface area contributed by atoms with Crippen molar-refractivity contribution >= 4 is 40.1 Å². The molecule has 0 fully saturated rings. The summed E-state index contributed by atoms with van der Waals surface area (Å²) in [6, 6.07) is 4.85. The van der Waals surface area contributed by atoms with Crippen molar-refractivity contribution in [3.8, 4) is 0 Å². The molecule has 5 rings (SSSR count). The van der Waals surface area contributed by atoms with Gasteiger partial charge in [0.25, 0.3) is 11.8 Å². The van der Waals surface area contributed by atoms with Gasteiger partial charge in [-0.3, -0.25) is 23.1 Å². The first kappa shape index (κ1) is 28.3. The van der Waals surface area contributed by atoms with E-state index in [-0.39, 0.29) is 57.5 Å². The molecule has 2 heterocycles. The predicted molar refractivity (Wildman–Crippen MR) is 138 cm³/mol. The van der Waals surface area contributed by atoms with Gasteiger partial charge in [0.2, 0.25) is 0 Å². The number of carbonyl (C=O) groups is 2. The van der Waals surface area contributed by atoms with Crippen molar-refractivity contribution in [1.29, 1.82) is 0 Å². The highest BCUT2D eigenvalue weighted by atomic mass is 35.5. The standard InChI is InChI=1S/C27H19ClF6N4O3/c1-37-23-19(38(26(37)41)6-2-5-29)11-18(35-24(39)12-7-13(27(32,33)34)9-15(31)8-12)20-21(23)25(40)36-22(20)16-10-14(30)3-4-17(16)28/h3-4,7-11,22H,2,5-6H2,1H3,(H,35,39)(H,36,40). The average molecular weight is 597 g/mol. The van der Waals surface area contributed by atoms with Crippen LogP contribution in [0.1, 0.15) is 49.9 Å². The Labute approximate surface area is 232 Å². The molecule has 3 aromatic carbocycles. The number of halogens is 7. The normalized spacial score (nSPS) is 14.8. The number of amides is 2. The number of alkyl halides is 4. The van der Waals surface area contributed by atoms with E-state index in [4.69, 9.17) is 11.6 Å². The molecule has 0 saturated heterocycles. The van der Waals surface area contributed by atoms with Crippen molar-refractivity contribution in [2.45, 2.75) is 25.2 Å². The number of aromatic nitrogens is 2. The first-order valence-corrected chi connectivity index (χ1v) is 12.5. The molecule has 7 nitrogen and oxygen atoms in total. The number of rotatable bonds is 6. The Balaban J connectivity index is 1.75. The zero-order valence-electron chi connectivity index (χ0n) is 21.0. The number of aryl methyl sites for hydroxylation is 2. The number of carbonyl (C=O) groups excluding carboxylic acids is 2. The Morgan fingerprint density at radius 3 is 2.49 bits per heavy atom. The molecule has 1 aliphatic heterocycles. The van der Waals surface area contributed by atoms with Crippen LogP contribution in [-0.4, -0.2) is 27.6 Å². The number of imidazole rings is 1. The lowest BCUT2D eigenvalue weighted by Crippen LogP contribution is -2.23. The number of nitrogens with zero attached hydrogens (tertiary/aromatic N) is 2. The Kier molecular flexibility index (Phi) is 7.10. The Morgan fingerprint density at radius 1 is 1.07 bits per heavy atom. The molecule has 1 aromatic heterocycles. The third-order valence-corrected chi connectivity index (χ3v) is 7.12. The lowest BCUT2D eigenvalue weighted by atomic mass is 9.95. The monoisotopic (exact) mass is 596 g/mol. The summed E-state index contributed by atoms with van der Waals surface area (Å²) >= 11 is 6.31. The number of anilines is 1. The van der Waals surface area contributed by atoms with E-state index >= 15 is 0 Å². The average Bonchev–Trinajstić information content (AvgIpc) is 3.36. The molecule has 0 radical (unpaired) electrons. The smallest absolute Gasteiger partial charge is 0.341 e. The zero-order chi connectivity index (χ0) is 29.8. The molecule has 1 atom stereocenters. The minimum absolute atomic E-state index is 0.0466. The van der Waals surface area contributed by atoms with Crippen LogP contribution in [0.5, 0.6) is 0 Å². The van der Waals surface area contributed by atoms with E-state index < -0.39 is 59.2 Å². The highest BCUT2D eigenvalue weighted by Gasteiger charge is 2.38. The molecule has 0 aliphatic carbocycles. The summed E-state index contributed by atoms with van der Waals surface area (Å²) in [5.74, 6) is -3.87. The van der Waals surface area contributed by atoms with Crippen LogP contribution in [0.2, 0.25) is 5.02 Å². The van der Waals surface area contributed by atoms with Crippen molar-refractivity contribution < 1.29 is 35.9 Å². The number of benzene rings is 3. The second-order valence-electron chi connectivity index (χ2n) is 9.37. The molecule has 14 heteroatoms. The molecule has 2 N–H and O–H groups in total. The molecule has 214 valence electrons. The summed E-state index contributed by atoms with van der Waals surface area (Å²) in [7, 11) is 1.39. The summed E-state index contributed by atoms with van der Waals surface area (Å²) in [6.45, 7) is -0.836. The minimum Gasteiger partial charge on any atom is -0.341 e. The third kappa shape index (κ3) is 4.94. The van der Waals surface area contributed by atoms with Gasteiger partial charge in [-0.15, -0.1) is 0 Å². The van der Waals surface area contributed by atoms with Crippen molar-refractivity contribution in [3.63, 3.8) is 0 Å². The quantitative estimate of drug-likeness (QED) is 0.279. The van der Waals surface area contributed by atoms with Crippen LogP contribution in [0.15, 0.2) is 47.3 Å². The second kappa shape index (κ2) is 10.3.